The van der Waals surface area contributed by atoms with Gasteiger partial charge in [-0.2, -0.15) is 0 Å². The van der Waals surface area contributed by atoms with Gasteiger partial charge in [-0.1, -0.05) is 13.8 Å². The number of amides is 1. The second-order valence-corrected chi connectivity index (χ2v) is 6.75. The van der Waals surface area contributed by atoms with Gasteiger partial charge in [-0.25, -0.2) is 8.42 Å². The van der Waals surface area contributed by atoms with Crippen LogP contribution in [0.1, 0.15) is 13.8 Å². The Morgan fingerprint density at radius 1 is 1.26 bits per heavy atom. The van der Waals surface area contributed by atoms with Crippen molar-refractivity contribution in [2.24, 2.45) is 5.92 Å². The predicted molar refractivity (Wildman–Crippen MR) is 72.9 cm³/mol. The Morgan fingerprint density at radius 2 is 1.84 bits per heavy atom. The van der Waals surface area contributed by atoms with Gasteiger partial charge in [0.25, 0.3) is 5.91 Å². The lowest BCUT2D eigenvalue weighted by Gasteiger charge is -2.09. The summed E-state index contributed by atoms with van der Waals surface area (Å²) in [4.78, 5) is 11.6. The zero-order valence-electron chi connectivity index (χ0n) is 11.3. The lowest BCUT2D eigenvalue weighted by molar-refractivity contribution is -0.123. The molecule has 1 aromatic carbocycles. The van der Waals surface area contributed by atoms with E-state index in [1.54, 1.807) is 0 Å². The molecule has 0 fully saturated rings. The van der Waals surface area contributed by atoms with E-state index in [9.17, 15) is 13.2 Å². The molecule has 6 heteroatoms. The molecule has 0 aliphatic carbocycles. The van der Waals surface area contributed by atoms with Gasteiger partial charge in [-0.05, 0) is 30.2 Å². The molecule has 0 bridgehead atoms. The van der Waals surface area contributed by atoms with E-state index in [1.807, 2.05) is 13.8 Å². The SMILES string of the molecule is CC(C)CNC(=O)COc1ccc(S(C)(=O)=O)cc1. The van der Waals surface area contributed by atoms with Crippen LogP contribution in [0.4, 0.5) is 0 Å². The van der Waals surface area contributed by atoms with Crippen LogP contribution >= 0.6 is 0 Å². The zero-order valence-corrected chi connectivity index (χ0v) is 12.2. The first kappa shape index (κ1) is 15.5. The molecule has 106 valence electrons. The van der Waals surface area contributed by atoms with Crippen molar-refractivity contribution in [3.8, 4) is 5.75 Å². The second kappa shape index (κ2) is 6.56. The van der Waals surface area contributed by atoms with Crippen molar-refractivity contribution in [1.29, 1.82) is 0 Å². The molecule has 0 aliphatic rings. The molecule has 0 spiro atoms. The molecule has 0 unspecified atom stereocenters. The lowest BCUT2D eigenvalue weighted by atomic mass is 10.2. The van der Waals surface area contributed by atoms with E-state index in [1.165, 1.54) is 24.3 Å². The molecule has 1 rings (SSSR count). The van der Waals surface area contributed by atoms with E-state index in [0.717, 1.165) is 6.26 Å². The van der Waals surface area contributed by atoms with Crippen molar-refractivity contribution in [2.75, 3.05) is 19.4 Å². The summed E-state index contributed by atoms with van der Waals surface area (Å²) in [6.07, 6.45) is 1.14. The molecule has 0 saturated heterocycles. The summed E-state index contributed by atoms with van der Waals surface area (Å²) in [5, 5.41) is 2.73. The van der Waals surface area contributed by atoms with E-state index in [-0.39, 0.29) is 17.4 Å². The average molecular weight is 285 g/mol. The van der Waals surface area contributed by atoms with Crippen molar-refractivity contribution in [2.45, 2.75) is 18.7 Å². The smallest absolute Gasteiger partial charge is 0.257 e. The molecule has 0 aromatic heterocycles. The maximum absolute atomic E-state index is 11.4. The fourth-order valence-corrected chi connectivity index (χ4v) is 1.93. The predicted octanol–water partition coefficient (Wildman–Crippen LogP) is 1.24. The number of hydrogen-bond acceptors (Lipinski definition) is 4. The van der Waals surface area contributed by atoms with Gasteiger partial charge in [0, 0.05) is 12.8 Å². The minimum Gasteiger partial charge on any atom is -0.484 e. The van der Waals surface area contributed by atoms with Crippen molar-refractivity contribution in [1.82, 2.24) is 5.32 Å². The minimum absolute atomic E-state index is 0.0784. The molecule has 0 saturated carbocycles. The van der Waals surface area contributed by atoms with Crippen molar-refractivity contribution in [3.63, 3.8) is 0 Å². The van der Waals surface area contributed by atoms with E-state index >= 15 is 0 Å². The summed E-state index contributed by atoms with van der Waals surface area (Å²) in [6.45, 7) is 4.54. The summed E-state index contributed by atoms with van der Waals surface area (Å²) >= 11 is 0. The van der Waals surface area contributed by atoms with Gasteiger partial charge in [-0.15, -0.1) is 0 Å². The Morgan fingerprint density at radius 3 is 2.32 bits per heavy atom. The number of rotatable bonds is 6. The Kier molecular flexibility index (Phi) is 5.35. The fraction of sp³-hybridized carbons (Fsp3) is 0.462. The van der Waals surface area contributed by atoms with Crippen LogP contribution in [0.3, 0.4) is 0 Å². The normalized spacial score (nSPS) is 11.4. The molecule has 1 amide bonds. The first-order valence-electron chi connectivity index (χ1n) is 5.98. The third kappa shape index (κ3) is 5.74. The average Bonchev–Trinajstić information content (AvgIpc) is 2.33. The highest BCUT2D eigenvalue weighted by Gasteiger charge is 2.07. The molecule has 0 aliphatic heterocycles. The highest BCUT2D eigenvalue weighted by molar-refractivity contribution is 7.90. The number of carbonyl (C=O) groups is 1. The molecule has 0 radical (unpaired) electrons. The molecular formula is C13H19NO4S. The molecule has 1 N–H and O–H groups in total. The minimum atomic E-state index is -3.20. The Hall–Kier alpha value is -1.56. The maximum atomic E-state index is 11.4. The standard InChI is InChI=1S/C13H19NO4S/c1-10(2)8-14-13(15)9-18-11-4-6-12(7-5-11)19(3,16)17/h4-7,10H,8-9H2,1-3H3,(H,14,15). The monoisotopic (exact) mass is 285 g/mol. The lowest BCUT2D eigenvalue weighted by Crippen LogP contribution is -2.31. The summed E-state index contributed by atoms with van der Waals surface area (Å²) < 4.78 is 27.8. The number of hydrogen-bond donors (Lipinski definition) is 1. The number of carbonyl (C=O) groups excluding carboxylic acids is 1. The van der Waals surface area contributed by atoms with Crippen molar-refractivity contribution >= 4 is 15.7 Å². The van der Waals surface area contributed by atoms with Crippen LogP contribution in [0, 0.1) is 5.92 Å². The van der Waals surface area contributed by atoms with Crippen LogP contribution in [0.5, 0.6) is 5.75 Å². The maximum Gasteiger partial charge on any atom is 0.257 e. The third-order valence-corrected chi connectivity index (χ3v) is 3.46. The topological polar surface area (TPSA) is 72.5 Å². The first-order valence-corrected chi connectivity index (χ1v) is 7.88. The van der Waals surface area contributed by atoms with Crippen LogP contribution in [0.15, 0.2) is 29.2 Å². The van der Waals surface area contributed by atoms with Crippen LogP contribution in [0.2, 0.25) is 0 Å². The third-order valence-electron chi connectivity index (χ3n) is 2.33. The van der Waals surface area contributed by atoms with Gasteiger partial charge in [0.05, 0.1) is 4.90 Å². The molecule has 5 nitrogen and oxygen atoms in total. The highest BCUT2D eigenvalue weighted by atomic mass is 32.2. The first-order chi connectivity index (χ1) is 8.79. The molecule has 0 heterocycles. The summed E-state index contributed by atoms with van der Waals surface area (Å²) in [5.41, 5.74) is 0. The number of ether oxygens (including phenoxy) is 1. The van der Waals surface area contributed by atoms with Gasteiger partial charge < -0.3 is 10.1 Å². The Balaban J connectivity index is 2.48. The van der Waals surface area contributed by atoms with Crippen LogP contribution in [-0.4, -0.2) is 33.7 Å². The van der Waals surface area contributed by atoms with E-state index < -0.39 is 9.84 Å². The molecule has 0 atom stereocenters. The van der Waals surface area contributed by atoms with E-state index in [4.69, 9.17) is 4.74 Å². The number of benzene rings is 1. The summed E-state index contributed by atoms with van der Waals surface area (Å²) in [7, 11) is -3.20. The van der Waals surface area contributed by atoms with Crippen molar-refractivity contribution < 1.29 is 17.9 Å². The van der Waals surface area contributed by atoms with Gasteiger partial charge in [0.2, 0.25) is 0 Å². The van der Waals surface area contributed by atoms with Crippen LogP contribution < -0.4 is 10.1 Å². The largest absolute Gasteiger partial charge is 0.484 e. The Bertz CT molecular complexity index is 520. The molecular weight excluding hydrogens is 266 g/mol. The Labute approximate surface area is 113 Å². The van der Waals surface area contributed by atoms with Crippen LogP contribution in [0.25, 0.3) is 0 Å². The van der Waals surface area contributed by atoms with Gasteiger partial charge in [0.15, 0.2) is 16.4 Å². The van der Waals surface area contributed by atoms with Gasteiger partial charge in [-0.3, -0.25) is 4.79 Å². The second-order valence-electron chi connectivity index (χ2n) is 4.73. The van der Waals surface area contributed by atoms with Crippen molar-refractivity contribution in [3.05, 3.63) is 24.3 Å². The molecule has 1 aromatic rings. The number of sulfone groups is 1. The van der Waals surface area contributed by atoms with Gasteiger partial charge in [0.1, 0.15) is 5.75 Å². The van der Waals surface area contributed by atoms with Crippen LogP contribution in [-0.2, 0) is 14.6 Å². The highest BCUT2D eigenvalue weighted by Crippen LogP contribution is 2.15. The quantitative estimate of drug-likeness (QED) is 0.853. The summed E-state index contributed by atoms with van der Waals surface area (Å²) in [5.74, 6) is 0.658. The summed E-state index contributed by atoms with van der Waals surface area (Å²) in [6, 6.07) is 5.98. The van der Waals surface area contributed by atoms with E-state index in [0.29, 0.717) is 18.2 Å². The molecule has 19 heavy (non-hydrogen) atoms. The number of nitrogens with one attached hydrogen (secondary N) is 1. The fourth-order valence-electron chi connectivity index (χ4n) is 1.30. The zero-order chi connectivity index (χ0) is 14.5. The van der Waals surface area contributed by atoms with Gasteiger partial charge >= 0.3 is 0 Å². The van der Waals surface area contributed by atoms with E-state index in [2.05, 4.69) is 5.32 Å².